The summed E-state index contributed by atoms with van der Waals surface area (Å²) in [6.07, 6.45) is 25.0. The Hall–Kier alpha value is -1.94. The SMILES string of the molecule is CCCCCCCCCCCC(=O)c1c(O)ccc(/C=C/CO)c1C(=O)CCCCCCCCCCC. The molecule has 0 unspecified atom stereocenters. The molecule has 2 N–H and O–H groups in total. The molecule has 0 aliphatic heterocycles. The van der Waals surface area contributed by atoms with Gasteiger partial charge in [0.25, 0.3) is 0 Å². The second kappa shape index (κ2) is 22.1. The summed E-state index contributed by atoms with van der Waals surface area (Å²) in [7, 11) is 0. The number of aliphatic hydroxyl groups is 1. The summed E-state index contributed by atoms with van der Waals surface area (Å²) >= 11 is 0. The van der Waals surface area contributed by atoms with Gasteiger partial charge in [0.15, 0.2) is 11.6 Å². The van der Waals surface area contributed by atoms with Crippen molar-refractivity contribution in [3.8, 4) is 5.75 Å². The fourth-order valence-electron chi connectivity index (χ4n) is 4.95. The number of Topliss-reactive ketones (excluding diaryl/α,β-unsaturated/α-hetero) is 2. The molecule has 4 nitrogen and oxygen atoms in total. The molecule has 0 bridgehead atoms. The number of unbranched alkanes of at least 4 members (excludes halogenated alkanes) is 16. The minimum absolute atomic E-state index is 0.0909. The summed E-state index contributed by atoms with van der Waals surface area (Å²) in [4.78, 5) is 26.4. The van der Waals surface area contributed by atoms with Crippen LogP contribution in [0.25, 0.3) is 6.08 Å². The van der Waals surface area contributed by atoms with Gasteiger partial charge in [0.05, 0.1) is 12.2 Å². The van der Waals surface area contributed by atoms with E-state index in [4.69, 9.17) is 0 Å². The molecule has 0 aliphatic rings. The van der Waals surface area contributed by atoms with Crippen LogP contribution in [0.2, 0.25) is 0 Å². The van der Waals surface area contributed by atoms with Crippen LogP contribution in [-0.4, -0.2) is 28.4 Å². The van der Waals surface area contributed by atoms with Crippen molar-refractivity contribution in [3.05, 3.63) is 34.9 Å². The smallest absolute Gasteiger partial charge is 0.167 e. The third-order valence-corrected chi connectivity index (χ3v) is 7.19. The second-order valence-corrected chi connectivity index (χ2v) is 10.5. The van der Waals surface area contributed by atoms with E-state index in [1.165, 1.54) is 83.1 Å². The van der Waals surface area contributed by atoms with Crippen LogP contribution in [0.15, 0.2) is 18.2 Å². The largest absolute Gasteiger partial charge is 0.507 e. The van der Waals surface area contributed by atoms with Gasteiger partial charge < -0.3 is 10.2 Å². The topological polar surface area (TPSA) is 74.6 Å². The van der Waals surface area contributed by atoms with Crippen molar-refractivity contribution in [2.45, 2.75) is 142 Å². The predicted octanol–water partition coefficient (Wildman–Crippen LogP) is 9.60. The van der Waals surface area contributed by atoms with Crippen molar-refractivity contribution in [1.29, 1.82) is 0 Å². The number of phenolic OH excluding ortho intramolecular Hbond substituents is 1. The molecule has 1 rings (SSSR count). The zero-order valence-electron chi connectivity index (χ0n) is 23.9. The molecule has 0 fully saturated rings. The Morgan fingerprint density at radius 2 is 1.03 bits per heavy atom. The Balaban J connectivity index is 2.66. The lowest BCUT2D eigenvalue weighted by Gasteiger charge is -2.14. The van der Waals surface area contributed by atoms with Crippen LogP contribution in [-0.2, 0) is 0 Å². The fourth-order valence-corrected chi connectivity index (χ4v) is 4.95. The zero-order chi connectivity index (χ0) is 27.1. The Kier molecular flexibility index (Phi) is 19.7. The number of phenols is 1. The van der Waals surface area contributed by atoms with E-state index in [0.717, 1.165) is 38.5 Å². The maximum absolute atomic E-state index is 13.3. The molecule has 0 aromatic heterocycles. The van der Waals surface area contributed by atoms with Gasteiger partial charge in [-0.3, -0.25) is 9.59 Å². The van der Waals surface area contributed by atoms with E-state index < -0.39 is 0 Å². The number of carbonyl (C=O) groups excluding carboxylic acids is 2. The van der Waals surface area contributed by atoms with Crippen molar-refractivity contribution in [2.75, 3.05) is 6.61 Å². The van der Waals surface area contributed by atoms with Crippen molar-refractivity contribution in [3.63, 3.8) is 0 Å². The summed E-state index contributed by atoms with van der Waals surface area (Å²) < 4.78 is 0. The predicted molar refractivity (Wildman–Crippen MR) is 157 cm³/mol. The Bertz CT molecular complexity index is 781. The molecule has 0 amide bonds. The third-order valence-electron chi connectivity index (χ3n) is 7.19. The van der Waals surface area contributed by atoms with Gasteiger partial charge in [0, 0.05) is 18.4 Å². The first-order chi connectivity index (χ1) is 18.1. The van der Waals surface area contributed by atoms with E-state index in [2.05, 4.69) is 13.8 Å². The number of hydrogen-bond acceptors (Lipinski definition) is 4. The van der Waals surface area contributed by atoms with Crippen LogP contribution in [0.3, 0.4) is 0 Å². The van der Waals surface area contributed by atoms with E-state index in [0.29, 0.717) is 24.0 Å². The van der Waals surface area contributed by atoms with Gasteiger partial charge in [0.1, 0.15) is 5.75 Å². The summed E-state index contributed by atoms with van der Waals surface area (Å²) in [5.74, 6) is -0.362. The van der Waals surface area contributed by atoms with E-state index in [1.807, 2.05) is 0 Å². The molecule has 0 heterocycles. The van der Waals surface area contributed by atoms with Crippen LogP contribution in [0, 0.1) is 0 Å². The van der Waals surface area contributed by atoms with Gasteiger partial charge in [0.2, 0.25) is 0 Å². The van der Waals surface area contributed by atoms with Gasteiger partial charge >= 0.3 is 0 Å². The monoisotopic (exact) mass is 514 g/mol. The molecule has 1 aromatic rings. The van der Waals surface area contributed by atoms with E-state index in [9.17, 15) is 19.8 Å². The molecule has 0 saturated carbocycles. The van der Waals surface area contributed by atoms with Crippen molar-refractivity contribution >= 4 is 17.6 Å². The van der Waals surface area contributed by atoms with E-state index in [-0.39, 0.29) is 29.5 Å². The molecule has 0 spiro atoms. The lowest BCUT2D eigenvalue weighted by atomic mass is 9.89. The molecule has 0 saturated heterocycles. The molecule has 0 aliphatic carbocycles. The first-order valence-electron chi connectivity index (χ1n) is 15.3. The lowest BCUT2D eigenvalue weighted by molar-refractivity contribution is 0.0943. The van der Waals surface area contributed by atoms with Crippen molar-refractivity contribution in [2.24, 2.45) is 0 Å². The quantitative estimate of drug-likeness (QED) is 0.106. The van der Waals surface area contributed by atoms with Gasteiger partial charge in [-0.05, 0) is 24.5 Å². The second-order valence-electron chi connectivity index (χ2n) is 10.5. The number of rotatable bonds is 24. The van der Waals surface area contributed by atoms with E-state index in [1.54, 1.807) is 18.2 Å². The third kappa shape index (κ3) is 14.5. The molecule has 0 atom stereocenters. The highest BCUT2D eigenvalue weighted by Gasteiger charge is 2.23. The maximum Gasteiger partial charge on any atom is 0.167 e. The molecule has 210 valence electrons. The summed E-state index contributed by atoms with van der Waals surface area (Å²) in [5.41, 5.74) is 1.09. The molecular weight excluding hydrogens is 460 g/mol. The number of benzene rings is 1. The average molecular weight is 515 g/mol. The number of hydrogen-bond donors (Lipinski definition) is 2. The number of aliphatic hydroxyl groups excluding tert-OH is 1. The first kappa shape index (κ1) is 33.1. The summed E-state index contributed by atoms with van der Waals surface area (Å²) in [6.45, 7) is 4.31. The van der Waals surface area contributed by atoms with Crippen LogP contribution in [0.4, 0.5) is 0 Å². The van der Waals surface area contributed by atoms with Crippen molar-refractivity contribution < 1.29 is 19.8 Å². The minimum atomic E-state index is -0.157. The molecule has 37 heavy (non-hydrogen) atoms. The highest BCUT2D eigenvalue weighted by Crippen LogP contribution is 2.30. The number of carbonyl (C=O) groups is 2. The van der Waals surface area contributed by atoms with Gasteiger partial charge in [-0.1, -0.05) is 135 Å². The summed E-state index contributed by atoms with van der Waals surface area (Å²) in [6, 6.07) is 3.16. The van der Waals surface area contributed by atoms with Crippen LogP contribution < -0.4 is 0 Å². The highest BCUT2D eigenvalue weighted by atomic mass is 16.3. The number of ketones is 2. The molecular formula is C33H54O4. The standard InChI is InChI=1S/C33H54O4/c1-3-5-7-9-11-13-15-17-19-23-29(35)32-28(22-21-27-34)25-26-31(37)33(32)30(36)24-20-18-16-14-12-10-8-6-4-2/h21-22,25-26,34,37H,3-20,23-24,27H2,1-2H3/b22-21+. The lowest BCUT2D eigenvalue weighted by Crippen LogP contribution is -2.12. The van der Waals surface area contributed by atoms with Crippen molar-refractivity contribution in [1.82, 2.24) is 0 Å². The maximum atomic E-state index is 13.3. The number of aromatic hydroxyl groups is 1. The van der Waals surface area contributed by atoms with Crippen LogP contribution in [0.5, 0.6) is 5.75 Å². The van der Waals surface area contributed by atoms with Gasteiger partial charge in [-0.2, -0.15) is 0 Å². The fraction of sp³-hybridized carbons (Fsp3) is 0.697. The summed E-state index contributed by atoms with van der Waals surface area (Å²) in [5, 5.41) is 19.8. The minimum Gasteiger partial charge on any atom is -0.507 e. The molecule has 4 heteroatoms. The molecule has 0 radical (unpaired) electrons. The molecule has 1 aromatic carbocycles. The Morgan fingerprint density at radius 3 is 1.46 bits per heavy atom. The van der Waals surface area contributed by atoms with E-state index >= 15 is 0 Å². The van der Waals surface area contributed by atoms with Crippen LogP contribution in [0.1, 0.15) is 169 Å². The normalized spacial score (nSPS) is 11.4. The van der Waals surface area contributed by atoms with Gasteiger partial charge in [-0.15, -0.1) is 0 Å². The highest BCUT2D eigenvalue weighted by molar-refractivity contribution is 6.12. The van der Waals surface area contributed by atoms with Gasteiger partial charge in [-0.25, -0.2) is 0 Å². The van der Waals surface area contributed by atoms with Crippen LogP contribution >= 0.6 is 0 Å². The zero-order valence-corrected chi connectivity index (χ0v) is 23.9. The Morgan fingerprint density at radius 1 is 0.622 bits per heavy atom. The Labute approximate surface area is 227 Å². The first-order valence-corrected chi connectivity index (χ1v) is 15.3. The average Bonchev–Trinajstić information content (AvgIpc) is 2.90.